The summed E-state index contributed by atoms with van der Waals surface area (Å²) in [7, 11) is 1.67. The van der Waals surface area contributed by atoms with Gasteiger partial charge in [-0.3, -0.25) is 14.6 Å². The first-order valence-corrected chi connectivity index (χ1v) is 13.2. The third-order valence-corrected chi connectivity index (χ3v) is 7.53. The molecule has 38 heavy (non-hydrogen) atoms. The van der Waals surface area contributed by atoms with Crippen LogP contribution in [-0.2, 0) is 20.1 Å². The fraction of sp³-hybridized carbons (Fsp3) is 0.345. The number of carbonyl (C=O) groups excluding carboxylic acids is 1. The summed E-state index contributed by atoms with van der Waals surface area (Å²) in [5, 5.41) is 0.646. The quantitative estimate of drug-likeness (QED) is 0.451. The minimum Gasteiger partial charge on any atom is -0.497 e. The molecule has 1 spiro atoms. The number of hydrogen-bond acceptors (Lipinski definition) is 7. The van der Waals surface area contributed by atoms with Crippen molar-refractivity contribution in [1.82, 2.24) is 4.90 Å². The summed E-state index contributed by atoms with van der Waals surface area (Å²) in [4.78, 5) is 20.3. The maximum absolute atomic E-state index is 13.8. The highest BCUT2D eigenvalue weighted by atomic mass is 35.5. The molecule has 9 heteroatoms. The first-order valence-electron chi connectivity index (χ1n) is 12.8. The number of ether oxygens (including phenoxy) is 4. The molecule has 0 aliphatic carbocycles. The Balaban J connectivity index is 1.11. The predicted octanol–water partition coefficient (Wildman–Crippen LogP) is 4.12. The summed E-state index contributed by atoms with van der Waals surface area (Å²) in [6, 6.07) is 23.0. The van der Waals surface area contributed by atoms with E-state index in [-0.39, 0.29) is 25.2 Å². The van der Waals surface area contributed by atoms with Crippen molar-refractivity contribution in [2.75, 3.05) is 63.0 Å². The van der Waals surface area contributed by atoms with Gasteiger partial charge in [-0.1, -0.05) is 29.8 Å². The molecule has 6 rings (SSSR count). The molecule has 2 fully saturated rings. The smallest absolute Gasteiger partial charge is 0.293 e. The van der Waals surface area contributed by atoms with Crippen LogP contribution in [0.4, 0.5) is 11.4 Å². The summed E-state index contributed by atoms with van der Waals surface area (Å²) >= 11 is 5.96. The lowest BCUT2D eigenvalue weighted by molar-refractivity contribution is -0.187. The number of methoxy groups -OCH3 is 1. The van der Waals surface area contributed by atoms with Gasteiger partial charge in [0.15, 0.2) is 0 Å². The van der Waals surface area contributed by atoms with Gasteiger partial charge in [0.25, 0.3) is 11.7 Å². The van der Waals surface area contributed by atoms with Crippen molar-refractivity contribution < 1.29 is 23.7 Å². The van der Waals surface area contributed by atoms with Crippen molar-refractivity contribution in [1.29, 1.82) is 0 Å². The number of nitrogens with zero attached hydrogens (tertiary/aromatic N) is 3. The van der Waals surface area contributed by atoms with Crippen molar-refractivity contribution in [3.8, 4) is 11.5 Å². The number of benzene rings is 3. The molecule has 3 aliphatic rings. The lowest BCUT2D eigenvalue weighted by atomic mass is 10.1. The van der Waals surface area contributed by atoms with Crippen molar-refractivity contribution >= 4 is 28.9 Å². The average molecular weight is 536 g/mol. The molecule has 1 amide bonds. The number of fused-ring (bicyclic) bond motifs is 2. The highest BCUT2D eigenvalue weighted by Crippen LogP contribution is 2.47. The van der Waals surface area contributed by atoms with Gasteiger partial charge in [0, 0.05) is 42.5 Å². The zero-order valence-electron chi connectivity index (χ0n) is 21.2. The normalized spacial score (nSPS) is 23.2. The fourth-order valence-electron chi connectivity index (χ4n) is 5.24. The van der Waals surface area contributed by atoms with Gasteiger partial charge >= 0.3 is 0 Å². The number of amides is 1. The van der Waals surface area contributed by atoms with Gasteiger partial charge in [-0.15, -0.1) is 0 Å². The maximum atomic E-state index is 13.8. The number of halogens is 1. The molecule has 198 valence electrons. The second-order valence-electron chi connectivity index (χ2n) is 9.63. The molecule has 2 saturated heterocycles. The monoisotopic (exact) mass is 535 g/mol. The fourth-order valence-corrected chi connectivity index (χ4v) is 5.37. The van der Waals surface area contributed by atoms with Crippen LogP contribution >= 0.6 is 11.6 Å². The first-order chi connectivity index (χ1) is 18.6. The Hall–Kier alpha value is -3.30. The molecular weight excluding hydrogens is 506 g/mol. The Labute approximate surface area is 227 Å². The van der Waals surface area contributed by atoms with E-state index in [2.05, 4.69) is 21.9 Å². The Morgan fingerprint density at radius 1 is 0.947 bits per heavy atom. The van der Waals surface area contributed by atoms with Crippen molar-refractivity contribution in [2.24, 2.45) is 0 Å². The van der Waals surface area contributed by atoms with E-state index in [0.29, 0.717) is 17.4 Å². The summed E-state index contributed by atoms with van der Waals surface area (Å²) in [6.45, 7) is 4.44. The third kappa shape index (κ3) is 4.69. The third-order valence-electron chi connectivity index (χ3n) is 7.28. The number of para-hydroxylation sites is 1. The van der Waals surface area contributed by atoms with E-state index in [0.717, 1.165) is 43.2 Å². The van der Waals surface area contributed by atoms with Crippen molar-refractivity contribution in [2.45, 2.75) is 11.9 Å². The number of rotatable bonds is 7. The molecule has 3 heterocycles. The van der Waals surface area contributed by atoms with Crippen LogP contribution in [0.3, 0.4) is 0 Å². The minimum absolute atomic E-state index is 0.190. The second-order valence-corrected chi connectivity index (χ2v) is 10.1. The standard InChI is InChI=1S/C29H30ClN3O5/c1-35-23-12-8-22(9-13-23)32-16-14-31(15-17-32)20-33-27-5-3-2-4-26(27)29(28(33)34)37-19-25(38-29)18-36-24-10-6-21(30)7-11-24/h2-13,25H,14-20H2,1H3/t25-,29-/m0/s1. The number of anilines is 2. The van der Waals surface area contributed by atoms with Crippen LogP contribution in [0.25, 0.3) is 0 Å². The molecule has 0 radical (unpaired) electrons. The van der Waals surface area contributed by atoms with Gasteiger partial charge in [0.1, 0.15) is 24.2 Å². The average Bonchev–Trinajstić information content (AvgIpc) is 3.49. The molecular formula is C29H30ClN3O5. The molecule has 0 bridgehead atoms. The van der Waals surface area contributed by atoms with E-state index in [4.69, 9.17) is 30.5 Å². The summed E-state index contributed by atoms with van der Waals surface area (Å²) < 4.78 is 23.6. The minimum atomic E-state index is -1.43. The zero-order valence-corrected chi connectivity index (χ0v) is 22.0. The van der Waals surface area contributed by atoms with Crippen LogP contribution in [0, 0.1) is 0 Å². The molecule has 3 aromatic rings. The van der Waals surface area contributed by atoms with Crippen molar-refractivity contribution in [3.05, 3.63) is 83.4 Å². The SMILES string of the molecule is COc1ccc(N2CCN(CN3C(=O)[C@]4(OC[C@H](COc5ccc(Cl)cc5)O4)c4ccccc43)CC2)cc1. The lowest BCUT2D eigenvalue weighted by Crippen LogP contribution is -2.52. The summed E-state index contributed by atoms with van der Waals surface area (Å²) in [5.41, 5.74) is 2.75. The molecule has 0 aromatic heterocycles. The van der Waals surface area contributed by atoms with Gasteiger partial charge in [0.2, 0.25) is 0 Å². The van der Waals surface area contributed by atoms with Crippen molar-refractivity contribution in [3.63, 3.8) is 0 Å². The van der Waals surface area contributed by atoms with Crippen LogP contribution in [-0.4, -0.2) is 70.1 Å². The Morgan fingerprint density at radius 3 is 2.39 bits per heavy atom. The van der Waals surface area contributed by atoms with E-state index < -0.39 is 5.79 Å². The molecule has 0 N–H and O–H groups in total. The van der Waals surface area contributed by atoms with E-state index in [1.165, 1.54) is 5.69 Å². The van der Waals surface area contributed by atoms with E-state index in [9.17, 15) is 4.79 Å². The number of piperazine rings is 1. The van der Waals surface area contributed by atoms with Crippen LogP contribution in [0.5, 0.6) is 11.5 Å². The van der Waals surface area contributed by atoms with Gasteiger partial charge in [-0.05, 0) is 54.6 Å². The van der Waals surface area contributed by atoms with Gasteiger partial charge in [0.05, 0.1) is 26.1 Å². The van der Waals surface area contributed by atoms with E-state index in [1.54, 1.807) is 36.3 Å². The van der Waals surface area contributed by atoms with Gasteiger partial charge < -0.3 is 23.8 Å². The predicted molar refractivity (Wildman–Crippen MR) is 145 cm³/mol. The molecule has 3 aromatic carbocycles. The van der Waals surface area contributed by atoms with Gasteiger partial charge in [-0.25, -0.2) is 0 Å². The largest absolute Gasteiger partial charge is 0.497 e. The first kappa shape index (κ1) is 25.0. The summed E-state index contributed by atoms with van der Waals surface area (Å²) in [6.07, 6.45) is -0.379. The Morgan fingerprint density at radius 2 is 1.66 bits per heavy atom. The lowest BCUT2D eigenvalue weighted by Gasteiger charge is -2.38. The second kappa shape index (κ2) is 10.5. The van der Waals surface area contributed by atoms with Crippen LogP contribution in [0.2, 0.25) is 5.02 Å². The maximum Gasteiger partial charge on any atom is 0.293 e. The molecule has 0 saturated carbocycles. The summed E-state index contributed by atoms with van der Waals surface area (Å²) in [5.74, 6) is -0.0874. The topological polar surface area (TPSA) is 63.7 Å². The Kier molecular flexibility index (Phi) is 6.88. The molecule has 3 aliphatic heterocycles. The van der Waals surface area contributed by atoms with E-state index >= 15 is 0 Å². The molecule has 2 atom stereocenters. The molecule has 0 unspecified atom stereocenters. The van der Waals surface area contributed by atoms with Gasteiger partial charge in [-0.2, -0.15) is 0 Å². The van der Waals surface area contributed by atoms with Crippen LogP contribution in [0.15, 0.2) is 72.8 Å². The Bertz CT molecular complexity index is 1280. The highest BCUT2D eigenvalue weighted by Gasteiger charge is 2.58. The highest BCUT2D eigenvalue weighted by molar-refractivity contribution is 6.30. The van der Waals surface area contributed by atoms with Crippen LogP contribution in [0.1, 0.15) is 5.56 Å². The zero-order chi connectivity index (χ0) is 26.1. The number of carbonyl (C=O) groups is 1. The van der Waals surface area contributed by atoms with Crippen LogP contribution < -0.4 is 19.3 Å². The van der Waals surface area contributed by atoms with E-state index in [1.807, 2.05) is 36.4 Å². The molecule has 8 nitrogen and oxygen atoms in total. The number of hydrogen-bond donors (Lipinski definition) is 0.